The average Bonchev–Trinajstić information content (AvgIpc) is 2.65. The zero-order chi connectivity index (χ0) is 19.4. The lowest BCUT2D eigenvalue weighted by Gasteiger charge is -2.12. The van der Waals surface area contributed by atoms with Crippen molar-refractivity contribution in [3.8, 4) is 5.75 Å². The number of hydrogen-bond donors (Lipinski definition) is 2. The molecule has 0 fully saturated rings. The quantitative estimate of drug-likeness (QED) is 0.703. The van der Waals surface area contributed by atoms with Crippen molar-refractivity contribution in [2.75, 3.05) is 17.7 Å². The van der Waals surface area contributed by atoms with Crippen LogP contribution in [0, 0.1) is 20.8 Å². The second-order valence-electron chi connectivity index (χ2n) is 6.24. The second kappa shape index (κ2) is 7.86. The van der Waals surface area contributed by atoms with E-state index in [4.69, 9.17) is 4.74 Å². The van der Waals surface area contributed by atoms with Crippen LogP contribution in [0.25, 0.3) is 0 Å². The highest BCUT2D eigenvalue weighted by molar-refractivity contribution is 6.03. The van der Waals surface area contributed by atoms with E-state index in [0.29, 0.717) is 23.0 Å². The summed E-state index contributed by atoms with van der Waals surface area (Å²) in [7, 11) is 1.60. The van der Waals surface area contributed by atoms with Gasteiger partial charge in [0, 0.05) is 17.4 Å². The molecule has 6 heteroatoms. The second-order valence-corrected chi connectivity index (χ2v) is 6.24. The molecule has 2 aromatic carbocycles. The Hall–Kier alpha value is -3.41. The monoisotopic (exact) mass is 362 g/mol. The Kier molecular flexibility index (Phi) is 5.35. The first-order valence-corrected chi connectivity index (χ1v) is 8.60. The van der Waals surface area contributed by atoms with Gasteiger partial charge in [-0.15, -0.1) is 0 Å². The number of methoxy groups -OCH3 is 1. The van der Waals surface area contributed by atoms with Crippen LogP contribution in [-0.4, -0.2) is 23.0 Å². The number of amides is 1. The highest BCUT2D eigenvalue weighted by Crippen LogP contribution is 2.22. The number of aryl methyl sites for hydroxylation is 2. The maximum atomic E-state index is 12.6. The van der Waals surface area contributed by atoms with Crippen LogP contribution in [0.1, 0.15) is 27.4 Å². The zero-order valence-electron chi connectivity index (χ0n) is 15.8. The molecule has 2 N–H and O–H groups in total. The van der Waals surface area contributed by atoms with Gasteiger partial charge in [-0.3, -0.25) is 4.79 Å². The highest BCUT2D eigenvalue weighted by atomic mass is 16.5. The number of aromatic nitrogens is 2. The number of ether oxygens (including phenoxy) is 1. The molecular formula is C21H22N4O2. The van der Waals surface area contributed by atoms with E-state index in [1.54, 1.807) is 44.4 Å². The SMILES string of the molecule is COc1ccc(NC(=O)c2cc(Nc3cccc(C)c3C)nc(C)n2)cc1. The Balaban J connectivity index is 1.81. The fourth-order valence-corrected chi connectivity index (χ4v) is 2.64. The largest absolute Gasteiger partial charge is 0.497 e. The minimum absolute atomic E-state index is 0.297. The molecule has 0 aliphatic heterocycles. The van der Waals surface area contributed by atoms with E-state index < -0.39 is 0 Å². The van der Waals surface area contributed by atoms with E-state index in [1.165, 1.54) is 5.56 Å². The van der Waals surface area contributed by atoms with Gasteiger partial charge < -0.3 is 15.4 Å². The molecule has 138 valence electrons. The van der Waals surface area contributed by atoms with Gasteiger partial charge in [-0.05, 0) is 62.2 Å². The van der Waals surface area contributed by atoms with Gasteiger partial charge in [0.15, 0.2) is 0 Å². The van der Waals surface area contributed by atoms with E-state index in [2.05, 4.69) is 33.6 Å². The van der Waals surface area contributed by atoms with Crippen LogP contribution in [0.15, 0.2) is 48.5 Å². The summed E-state index contributed by atoms with van der Waals surface area (Å²) in [5, 5.41) is 6.12. The molecule has 0 saturated heterocycles. The number of anilines is 3. The minimum atomic E-state index is -0.297. The first kappa shape index (κ1) is 18.4. The normalized spacial score (nSPS) is 10.4. The lowest BCUT2D eigenvalue weighted by molar-refractivity contribution is 0.102. The van der Waals surface area contributed by atoms with Crippen molar-refractivity contribution in [1.82, 2.24) is 9.97 Å². The third kappa shape index (κ3) is 4.41. The molecule has 1 amide bonds. The molecule has 0 saturated carbocycles. The van der Waals surface area contributed by atoms with Crippen LogP contribution in [0.5, 0.6) is 5.75 Å². The molecule has 0 atom stereocenters. The zero-order valence-corrected chi connectivity index (χ0v) is 15.8. The number of nitrogens with zero attached hydrogens (tertiary/aromatic N) is 2. The lowest BCUT2D eigenvalue weighted by atomic mass is 10.1. The molecule has 3 aromatic rings. The molecule has 1 aromatic heterocycles. The molecular weight excluding hydrogens is 340 g/mol. The standard InChI is InChI=1S/C21H22N4O2/c1-13-6-5-7-18(14(13)2)25-20-12-19(22-15(3)23-20)21(26)24-16-8-10-17(27-4)11-9-16/h5-12H,1-4H3,(H,24,26)(H,22,23,25). The maximum absolute atomic E-state index is 12.6. The van der Waals surface area contributed by atoms with E-state index >= 15 is 0 Å². The Morgan fingerprint density at radius 3 is 2.44 bits per heavy atom. The Labute approximate surface area is 158 Å². The number of carbonyl (C=O) groups excluding carboxylic acids is 1. The van der Waals surface area contributed by atoms with Gasteiger partial charge in [0.1, 0.15) is 23.1 Å². The van der Waals surface area contributed by atoms with Crippen molar-refractivity contribution in [3.05, 3.63) is 71.2 Å². The molecule has 0 aliphatic rings. The smallest absolute Gasteiger partial charge is 0.274 e. The molecule has 0 aliphatic carbocycles. The van der Waals surface area contributed by atoms with E-state index in [9.17, 15) is 4.79 Å². The number of rotatable bonds is 5. The summed E-state index contributed by atoms with van der Waals surface area (Å²) >= 11 is 0. The van der Waals surface area contributed by atoms with Crippen LogP contribution in [0.3, 0.4) is 0 Å². The number of carbonyl (C=O) groups is 1. The Morgan fingerprint density at radius 1 is 1.00 bits per heavy atom. The van der Waals surface area contributed by atoms with Gasteiger partial charge in [-0.25, -0.2) is 9.97 Å². The van der Waals surface area contributed by atoms with Gasteiger partial charge in [-0.1, -0.05) is 12.1 Å². The third-order valence-corrected chi connectivity index (χ3v) is 4.29. The molecule has 6 nitrogen and oxygen atoms in total. The minimum Gasteiger partial charge on any atom is -0.497 e. The van der Waals surface area contributed by atoms with Crippen molar-refractivity contribution >= 4 is 23.1 Å². The summed E-state index contributed by atoms with van der Waals surface area (Å²) in [6.45, 7) is 5.86. The molecule has 1 heterocycles. The van der Waals surface area contributed by atoms with E-state index in [-0.39, 0.29) is 5.91 Å². The predicted octanol–water partition coefficient (Wildman–Crippen LogP) is 4.41. The Morgan fingerprint density at radius 2 is 1.74 bits per heavy atom. The fraction of sp³-hybridized carbons (Fsp3) is 0.190. The first-order chi connectivity index (χ1) is 13.0. The van der Waals surface area contributed by atoms with Crippen LogP contribution >= 0.6 is 0 Å². The van der Waals surface area contributed by atoms with Crippen molar-refractivity contribution in [2.24, 2.45) is 0 Å². The van der Waals surface area contributed by atoms with Crippen molar-refractivity contribution < 1.29 is 9.53 Å². The van der Waals surface area contributed by atoms with Gasteiger partial charge >= 0.3 is 0 Å². The highest BCUT2D eigenvalue weighted by Gasteiger charge is 2.12. The molecule has 0 unspecified atom stereocenters. The summed E-state index contributed by atoms with van der Waals surface area (Å²) in [5.41, 5.74) is 4.24. The summed E-state index contributed by atoms with van der Waals surface area (Å²) in [5.74, 6) is 1.53. The molecule has 0 spiro atoms. The summed E-state index contributed by atoms with van der Waals surface area (Å²) in [4.78, 5) is 21.2. The fourth-order valence-electron chi connectivity index (χ4n) is 2.64. The summed E-state index contributed by atoms with van der Waals surface area (Å²) in [6, 6.07) is 14.8. The van der Waals surface area contributed by atoms with Crippen molar-refractivity contribution in [1.29, 1.82) is 0 Å². The predicted molar refractivity (Wildman–Crippen MR) is 107 cm³/mol. The number of hydrogen-bond acceptors (Lipinski definition) is 5. The van der Waals surface area contributed by atoms with Crippen LogP contribution in [0.4, 0.5) is 17.2 Å². The Bertz CT molecular complexity index is 968. The molecule has 27 heavy (non-hydrogen) atoms. The van der Waals surface area contributed by atoms with Gasteiger partial charge in [-0.2, -0.15) is 0 Å². The van der Waals surface area contributed by atoms with Crippen molar-refractivity contribution in [2.45, 2.75) is 20.8 Å². The van der Waals surface area contributed by atoms with Gasteiger partial charge in [0.25, 0.3) is 5.91 Å². The van der Waals surface area contributed by atoms with Crippen LogP contribution < -0.4 is 15.4 Å². The topological polar surface area (TPSA) is 76.1 Å². The van der Waals surface area contributed by atoms with E-state index in [0.717, 1.165) is 17.0 Å². The molecule has 0 bridgehead atoms. The van der Waals surface area contributed by atoms with Gasteiger partial charge in [0.05, 0.1) is 7.11 Å². The number of nitrogens with one attached hydrogen (secondary N) is 2. The average molecular weight is 362 g/mol. The van der Waals surface area contributed by atoms with Crippen LogP contribution in [0.2, 0.25) is 0 Å². The third-order valence-electron chi connectivity index (χ3n) is 4.29. The lowest BCUT2D eigenvalue weighted by Crippen LogP contribution is -2.15. The van der Waals surface area contributed by atoms with Crippen molar-refractivity contribution in [3.63, 3.8) is 0 Å². The van der Waals surface area contributed by atoms with Gasteiger partial charge in [0.2, 0.25) is 0 Å². The molecule has 3 rings (SSSR count). The first-order valence-electron chi connectivity index (χ1n) is 8.60. The number of benzene rings is 2. The summed E-state index contributed by atoms with van der Waals surface area (Å²) < 4.78 is 5.12. The summed E-state index contributed by atoms with van der Waals surface area (Å²) in [6.07, 6.45) is 0. The van der Waals surface area contributed by atoms with E-state index in [1.807, 2.05) is 19.1 Å². The maximum Gasteiger partial charge on any atom is 0.274 e. The van der Waals surface area contributed by atoms with Crippen LogP contribution in [-0.2, 0) is 0 Å². The molecule has 0 radical (unpaired) electrons.